The molecule has 2 fully saturated rings. The summed E-state index contributed by atoms with van der Waals surface area (Å²) in [6.45, 7) is 0. The van der Waals surface area contributed by atoms with Crippen LogP contribution in [0.4, 0.5) is 10.5 Å². The summed E-state index contributed by atoms with van der Waals surface area (Å²) in [5, 5.41) is 7.50. The number of hydrogen-bond acceptors (Lipinski definition) is 5. The second kappa shape index (κ2) is 8.40. The van der Waals surface area contributed by atoms with Crippen LogP contribution in [0.3, 0.4) is 0 Å². The van der Waals surface area contributed by atoms with Crippen LogP contribution in [0, 0.1) is 0 Å². The lowest BCUT2D eigenvalue weighted by Gasteiger charge is -2.16. The summed E-state index contributed by atoms with van der Waals surface area (Å²) in [6, 6.07) is 5.60. The van der Waals surface area contributed by atoms with Crippen molar-refractivity contribution < 1.29 is 22.8 Å². The SMILES string of the molecule is CN(C)C(=O)c1ccc(NC(=O)CCCC[C@@H]2[C@@H]3NC(=O)N[C@H]3CS2(=O)=O)cc1. The molecule has 2 saturated heterocycles. The number of urea groups is 1. The van der Waals surface area contributed by atoms with Crippen LogP contribution in [0.15, 0.2) is 24.3 Å². The van der Waals surface area contributed by atoms with E-state index in [9.17, 15) is 22.8 Å². The Bertz CT molecular complexity index is 898. The molecule has 10 heteroatoms. The van der Waals surface area contributed by atoms with Crippen molar-refractivity contribution in [3.63, 3.8) is 0 Å². The molecule has 1 aromatic rings. The van der Waals surface area contributed by atoms with Gasteiger partial charge >= 0.3 is 6.03 Å². The van der Waals surface area contributed by atoms with E-state index in [1.165, 1.54) is 4.90 Å². The first-order valence-electron chi connectivity index (χ1n) is 9.57. The molecule has 3 atom stereocenters. The number of anilines is 1. The van der Waals surface area contributed by atoms with Crippen LogP contribution in [0.1, 0.15) is 36.0 Å². The summed E-state index contributed by atoms with van der Waals surface area (Å²) >= 11 is 0. The average Bonchev–Trinajstić information content (AvgIpc) is 3.10. The maximum Gasteiger partial charge on any atom is 0.315 e. The van der Waals surface area contributed by atoms with Gasteiger partial charge in [-0.1, -0.05) is 6.42 Å². The van der Waals surface area contributed by atoms with Crippen LogP contribution in [0.5, 0.6) is 0 Å². The average molecular weight is 423 g/mol. The van der Waals surface area contributed by atoms with Crippen molar-refractivity contribution in [2.75, 3.05) is 25.2 Å². The number of nitrogens with one attached hydrogen (secondary N) is 3. The van der Waals surface area contributed by atoms with Gasteiger partial charge in [0, 0.05) is 31.8 Å². The van der Waals surface area contributed by atoms with Crippen molar-refractivity contribution >= 4 is 33.4 Å². The van der Waals surface area contributed by atoms with E-state index in [-0.39, 0.29) is 42.1 Å². The van der Waals surface area contributed by atoms with Crippen LogP contribution in [-0.4, -0.2) is 68.3 Å². The van der Waals surface area contributed by atoms with E-state index in [0.717, 1.165) is 0 Å². The van der Waals surface area contributed by atoms with Gasteiger partial charge in [-0.25, -0.2) is 13.2 Å². The molecule has 0 bridgehead atoms. The third-order valence-corrected chi connectivity index (χ3v) is 7.56. The molecular formula is C19H26N4O5S. The Morgan fingerprint density at radius 1 is 1.14 bits per heavy atom. The van der Waals surface area contributed by atoms with E-state index in [4.69, 9.17) is 0 Å². The molecule has 2 aliphatic heterocycles. The minimum atomic E-state index is -3.25. The predicted molar refractivity (Wildman–Crippen MR) is 108 cm³/mol. The lowest BCUT2D eigenvalue weighted by molar-refractivity contribution is -0.116. The number of amides is 4. The first-order chi connectivity index (χ1) is 13.7. The van der Waals surface area contributed by atoms with Gasteiger partial charge in [0.05, 0.1) is 23.1 Å². The summed E-state index contributed by atoms with van der Waals surface area (Å²) in [4.78, 5) is 36.9. The van der Waals surface area contributed by atoms with Crippen molar-refractivity contribution in [1.29, 1.82) is 0 Å². The predicted octanol–water partition coefficient (Wildman–Crippen LogP) is 0.734. The Balaban J connectivity index is 1.43. The van der Waals surface area contributed by atoms with Crippen molar-refractivity contribution in [1.82, 2.24) is 15.5 Å². The number of hydrogen-bond donors (Lipinski definition) is 3. The van der Waals surface area contributed by atoms with E-state index < -0.39 is 15.1 Å². The molecular weight excluding hydrogens is 396 g/mol. The Morgan fingerprint density at radius 3 is 2.48 bits per heavy atom. The van der Waals surface area contributed by atoms with Gasteiger partial charge < -0.3 is 20.9 Å². The summed E-state index contributed by atoms with van der Waals surface area (Å²) < 4.78 is 24.5. The number of nitrogens with zero attached hydrogens (tertiary/aromatic N) is 1. The fourth-order valence-electron chi connectivity index (χ4n) is 3.81. The zero-order valence-corrected chi connectivity index (χ0v) is 17.3. The monoisotopic (exact) mass is 422 g/mol. The van der Waals surface area contributed by atoms with Gasteiger partial charge in [0.1, 0.15) is 0 Å². The van der Waals surface area contributed by atoms with Gasteiger partial charge in [0.15, 0.2) is 9.84 Å². The Hall–Kier alpha value is -2.62. The van der Waals surface area contributed by atoms with E-state index in [1.807, 2.05) is 0 Å². The Kier molecular flexibility index (Phi) is 6.11. The molecule has 0 unspecified atom stereocenters. The minimum absolute atomic E-state index is 0.0338. The quantitative estimate of drug-likeness (QED) is 0.441. The number of rotatable bonds is 7. The summed E-state index contributed by atoms with van der Waals surface area (Å²) in [5.41, 5.74) is 1.14. The molecule has 9 nitrogen and oxygen atoms in total. The summed E-state index contributed by atoms with van der Waals surface area (Å²) in [5.74, 6) is -0.311. The third-order valence-electron chi connectivity index (χ3n) is 5.29. The molecule has 2 heterocycles. The molecule has 0 radical (unpaired) electrons. The normalized spacial score (nSPS) is 24.3. The minimum Gasteiger partial charge on any atom is -0.345 e. The smallest absolute Gasteiger partial charge is 0.315 e. The van der Waals surface area contributed by atoms with Gasteiger partial charge in [-0.05, 0) is 37.1 Å². The first-order valence-corrected chi connectivity index (χ1v) is 11.3. The molecule has 0 aromatic heterocycles. The van der Waals surface area contributed by atoms with Crippen LogP contribution in [0.2, 0.25) is 0 Å². The largest absolute Gasteiger partial charge is 0.345 e. The van der Waals surface area contributed by atoms with Gasteiger partial charge in [0.25, 0.3) is 5.91 Å². The second-order valence-corrected chi connectivity index (χ2v) is 9.95. The Morgan fingerprint density at radius 2 is 1.83 bits per heavy atom. The second-order valence-electron chi connectivity index (χ2n) is 7.69. The van der Waals surface area contributed by atoms with Crippen molar-refractivity contribution in [3.05, 3.63) is 29.8 Å². The van der Waals surface area contributed by atoms with E-state index in [0.29, 0.717) is 30.5 Å². The highest BCUT2D eigenvalue weighted by Gasteiger charge is 2.51. The van der Waals surface area contributed by atoms with E-state index in [1.54, 1.807) is 38.4 Å². The topological polar surface area (TPSA) is 125 Å². The zero-order valence-electron chi connectivity index (χ0n) is 16.5. The van der Waals surface area contributed by atoms with Crippen LogP contribution < -0.4 is 16.0 Å². The van der Waals surface area contributed by atoms with Crippen molar-refractivity contribution in [3.8, 4) is 0 Å². The number of benzene rings is 1. The standard InChI is InChI=1S/C19H26N4O5S/c1-23(2)18(25)12-7-9-13(10-8-12)20-16(24)6-4-3-5-15-17-14(11-29(15,27)28)21-19(26)22-17/h7-10,14-15,17H,3-6,11H2,1-2H3,(H,20,24)(H2,21,22,26)/t14-,15+,17+/m0/s1. The number of fused-ring (bicyclic) bond motifs is 1. The number of sulfone groups is 1. The fourth-order valence-corrected chi connectivity index (χ4v) is 6.08. The van der Waals surface area contributed by atoms with Crippen molar-refractivity contribution in [2.24, 2.45) is 0 Å². The lowest BCUT2D eigenvalue weighted by atomic mass is 10.0. The first kappa shape index (κ1) is 21.1. The molecule has 0 aliphatic carbocycles. The molecule has 1 aromatic carbocycles. The molecule has 3 rings (SSSR count). The number of carbonyl (C=O) groups excluding carboxylic acids is 3. The number of unbranched alkanes of at least 4 members (excludes halogenated alkanes) is 1. The number of carbonyl (C=O) groups is 3. The molecule has 158 valence electrons. The van der Waals surface area contributed by atoms with E-state index in [2.05, 4.69) is 16.0 Å². The molecule has 4 amide bonds. The third kappa shape index (κ3) is 4.87. The van der Waals surface area contributed by atoms with E-state index >= 15 is 0 Å². The maximum absolute atomic E-state index is 12.3. The molecule has 2 aliphatic rings. The molecule has 29 heavy (non-hydrogen) atoms. The van der Waals surface area contributed by atoms with Crippen LogP contribution in [0.25, 0.3) is 0 Å². The maximum atomic E-state index is 12.3. The van der Waals surface area contributed by atoms with Gasteiger partial charge in [0.2, 0.25) is 5.91 Å². The van der Waals surface area contributed by atoms with Gasteiger partial charge in [-0.2, -0.15) is 0 Å². The highest BCUT2D eigenvalue weighted by atomic mass is 32.2. The van der Waals surface area contributed by atoms with Crippen LogP contribution in [-0.2, 0) is 14.6 Å². The van der Waals surface area contributed by atoms with Crippen molar-refractivity contribution in [2.45, 2.75) is 43.0 Å². The van der Waals surface area contributed by atoms with Gasteiger partial charge in [-0.3, -0.25) is 9.59 Å². The van der Waals surface area contributed by atoms with Gasteiger partial charge in [-0.15, -0.1) is 0 Å². The van der Waals surface area contributed by atoms with Crippen LogP contribution >= 0.6 is 0 Å². The highest BCUT2D eigenvalue weighted by Crippen LogP contribution is 2.28. The summed E-state index contributed by atoms with van der Waals surface area (Å²) in [6.07, 6.45) is 1.81. The lowest BCUT2D eigenvalue weighted by Crippen LogP contribution is -2.39. The molecule has 0 spiro atoms. The zero-order chi connectivity index (χ0) is 21.2. The Labute approximate surface area is 170 Å². The molecule has 0 saturated carbocycles. The highest BCUT2D eigenvalue weighted by molar-refractivity contribution is 7.92. The molecule has 3 N–H and O–H groups in total. The fraction of sp³-hybridized carbons (Fsp3) is 0.526. The summed E-state index contributed by atoms with van der Waals surface area (Å²) in [7, 11) is 0.100.